The fourth-order valence-electron chi connectivity index (χ4n) is 3.50. The van der Waals surface area contributed by atoms with Gasteiger partial charge in [-0.3, -0.25) is 4.79 Å². The fraction of sp³-hybridized carbons (Fsp3) is 0.562. The van der Waals surface area contributed by atoms with Gasteiger partial charge in [-0.15, -0.1) is 0 Å². The minimum absolute atomic E-state index is 0.0159. The maximum atomic E-state index is 13.3. The minimum atomic E-state index is -0.339. The van der Waals surface area contributed by atoms with Crippen molar-refractivity contribution in [2.45, 2.75) is 6.92 Å². The first-order valence-electron chi connectivity index (χ1n) is 7.17. The van der Waals surface area contributed by atoms with Gasteiger partial charge in [0.1, 0.15) is 5.82 Å². The summed E-state index contributed by atoms with van der Waals surface area (Å²) in [5.74, 6) is 1.68. The molecule has 1 saturated heterocycles. The number of nitrogens with zero attached hydrogens (tertiary/aromatic N) is 2. The SMILES string of the molecule is Cc1ccc(F)cc1C(=O)N1C[C@@H]2C(CN(C)C)[C@@H]2C1. The predicted octanol–water partition coefficient (Wildman–Crippen LogP) is 2.01. The highest BCUT2D eigenvalue weighted by Gasteiger charge is 2.56. The second-order valence-corrected chi connectivity index (χ2v) is 6.42. The lowest BCUT2D eigenvalue weighted by Gasteiger charge is -2.22. The van der Waals surface area contributed by atoms with Crippen LogP contribution in [-0.2, 0) is 0 Å². The van der Waals surface area contributed by atoms with Crippen LogP contribution in [0, 0.1) is 30.5 Å². The molecule has 0 radical (unpaired) electrons. The first kappa shape index (κ1) is 13.6. The lowest BCUT2D eigenvalue weighted by molar-refractivity contribution is 0.0764. The van der Waals surface area contributed by atoms with Gasteiger partial charge in [0.05, 0.1) is 0 Å². The van der Waals surface area contributed by atoms with E-state index in [2.05, 4.69) is 19.0 Å². The standard InChI is InChI=1S/C16H21FN2O/c1-10-4-5-11(17)6-12(10)16(20)19-8-14-13(7-18(2)3)15(14)9-19/h4-6,13-15H,7-9H2,1-3H3/t13?,14-,15+. The molecule has 1 unspecified atom stereocenters. The Bertz CT molecular complexity index is 531. The Morgan fingerprint density at radius 3 is 2.60 bits per heavy atom. The van der Waals surface area contributed by atoms with Crippen molar-refractivity contribution in [2.24, 2.45) is 17.8 Å². The van der Waals surface area contributed by atoms with Crippen LogP contribution < -0.4 is 0 Å². The molecule has 3 nitrogen and oxygen atoms in total. The second kappa shape index (κ2) is 4.85. The lowest BCUT2D eigenvalue weighted by Crippen LogP contribution is -2.33. The molecule has 0 spiro atoms. The molecule has 20 heavy (non-hydrogen) atoms. The molecule has 1 heterocycles. The highest BCUT2D eigenvalue weighted by molar-refractivity contribution is 5.96. The fourth-order valence-corrected chi connectivity index (χ4v) is 3.50. The smallest absolute Gasteiger partial charge is 0.254 e. The van der Waals surface area contributed by atoms with E-state index in [4.69, 9.17) is 0 Å². The quantitative estimate of drug-likeness (QED) is 0.843. The first-order valence-corrected chi connectivity index (χ1v) is 7.17. The summed E-state index contributed by atoms with van der Waals surface area (Å²) < 4.78 is 13.3. The van der Waals surface area contributed by atoms with Gasteiger partial charge in [0.2, 0.25) is 0 Å². The molecule has 0 bridgehead atoms. The molecule has 2 fully saturated rings. The summed E-state index contributed by atoms with van der Waals surface area (Å²) >= 11 is 0. The van der Waals surface area contributed by atoms with E-state index in [1.807, 2.05) is 11.8 Å². The van der Waals surface area contributed by atoms with Crippen LogP contribution in [0.25, 0.3) is 0 Å². The molecule has 1 saturated carbocycles. The molecule has 1 aromatic rings. The molecule has 1 aliphatic carbocycles. The van der Waals surface area contributed by atoms with Crippen LogP contribution in [0.5, 0.6) is 0 Å². The van der Waals surface area contributed by atoms with E-state index in [9.17, 15) is 9.18 Å². The molecule has 2 aliphatic rings. The van der Waals surface area contributed by atoms with E-state index in [-0.39, 0.29) is 11.7 Å². The van der Waals surface area contributed by atoms with Gasteiger partial charge in [0.25, 0.3) is 5.91 Å². The molecular weight excluding hydrogens is 255 g/mol. The average Bonchev–Trinajstić information content (AvgIpc) is 2.86. The second-order valence-electron chi connectivity index (χ2n) is 6.42. The Hall–Kier alpha value is -1.42. The Morgan fingerprint density at radius 2 is 2.00 bits per heavy atom. The van der Waals surface area contributed by atoms with Crippen molar-refractivity contribution >= 4 is 5.91 Å². The van der Waals surface area contributed by atoms with E-state index < -0.39 is 0 Å². The van der Waals surface area contributed by atoms with Crippen LogP contribution in [0.2, 0.25) is 0 Å². The van der Waals surface area contributed by atoms with Crippen LogP contribution in [-0.4, -0.2) is 49.4 Å². The zero-order valence-corrected chi connectivity index (χ0v) is 12.3. The summed E-state index contributed by atoms with van der Waals surface area (Å²) in [6, 6.07) is 4.44. The van der Waals surface area contributed by atoms with Crippen molar-refractivity contribution in [1.29, 1.82) is 0 Å². The summed E-state index contributed by atoms with van der Waals surface area (Å²) in [5, 5.41) is 0. The van der Waals surface area contributed by atoms with Crippen molar-refractivity contribution < 1.29 is 9.18 Å². The molecule has 1 aromatic carbocycles. The summed E-state index contributed by atoms with van der Waals surface area (Å²) in [5.41, 5.74) is 1.36. The van der Waals surface area contributed by atoms with E-state index >= 15 is 0 Å². The third-order valence-electron chi connectivity index (χ3n) is 4.66. The minimum Gasteiger partial charge on any atom is -0.338 e. The number of fused-ring (bicyclic) bond motifs is 1. The van der Waals surface area contributed by atoms with Crippen LogP contribution in [0.4, 0.5) is 4.39 Å². The van der Waals surface area contributed by atoms with E-state index in [1.165, 1.54) is 12.1 Å². The predicted molar refractivity (Wildman–Crippen MR) is 76.1 cm³/mol. The summed E-state index contributed by atoms with van der Waals surface area (Å²) in [6.07, 6.45) is 0. The molecular formula is C16H21FN2O. The molecule has 108 valence electrons. The number of hydrogen-bond acceptors (Lipinski definition) is 2. The Kier molecular flexibility index (Phi) is 3.28. The van der Waals surface area contributed by atoms with Crippen LogP contribution in [0.15, 0.2) is 18.2 Å². The third kappa shape index (κ3) is 2.33. The van der Waals surface area contributed by atoms with Gasteiger partial charge in [-0.05, 0) is 56.5 Å². The lowest BCUT2D eigenvalue weighted by atomic mass is 10.1. The number of amides is 1. The first-order chi connectivity index (χ1) is 9.47. The topological polar surface area (TPSA) is 23.6 Å². The van der Waals surface area contributed by atoms with Gasteiger partial charge in [-0.2, -0.15) is 0 Å². The number of aryl methyl sites for hydroxylation is 1. The molecule has 3 atom stereocenters. The van der Waals surface area contributed by atoms with Crippen LogP contribution >= 0.6 is 0 Å². The van der Waals surface area contributed by atoms with Gasteiger partial charge in [0, 0.05) is 25.2 Å². The maximum absolute atomic E-state index is 13.3. The third-order valence-corrected chi connectivity index (χ3v) is 4.66. The Balaban J connectivity index is 1.66. The summed E-state index contributed by atoms with van der Waals surface area (Å²) in [7, 11) is 4.18. The maximum Gasteiger partial charge on any atom is 0.254 e. The van der Waals surface area contributed by atoms with Crippen molar-refractivity contribution in [3.63, 3.8) is 0 Å². The number of benzene rings is 1. The van der Waals surface area contributed by atoms with Crippen molar-refractivity contribution in [3.8, 4) is 0 Å². The van der Waals surface area contributed by atoms with Gasteiger partial charge in [0.15, 0.2) is 0 Å². The summed E-state index contributed by atoms with van der Waals surface area (Å²) in [6.45, 7) is 4.63. The van der Waals surface area contributed by atoms with Gasteiger partial charge in [-0.25, -0.2) is 4.39 Å². The Morgan fingerprint density at radius 1 is 1.35 bits per heavy atom. The van der Waals surface area contributed by atoms with E-state index in [0.717, 1.165) is 31.1 Å². The van der Waals surface area contributed by atoms with Crippen LogP contribution in [0.1, 0.15) is 15.9 Å². The number of carbonyl (C=O) groups is 1. The number of halogens is 1. The van der Waals surface area contributed by atoms with E-state index in [1.54, 1.807) is 6.07 Å². The molecule has 3 rings (SSSR count). The van der Waals surface area contributed by atoms with Crippen molar-refractivity contribution in [2.75, 3.05) is 33.7 Å². The number of rotatable bonds is 3. The number of likely N-dealkylation sites (tertiary alicyclic amines) is 1. The van der Waals surface area contributed by atoms with Crippen molar-refractivity contribution in [1.82, 2.24) is 9.80 Å². The van der Waals surface area contributed by atoms with E-state index in [0.29, 0.717) is 17.4 Å². The largest absolute Gasteiger partial charge is 0.338 e. The highest BCUT2D eigenvalue weighted by Crippen LogP contribution is 2.52. The highest BCUT2D eigenvalue weighted by atomic mass is 19.1. The molecule has 0 N–H and O–H groups in total. The molecule has 4 heteroatoms. The average molecular weight is 276 g/mol. The van der Waals surface area contributed by atoms with Gasteiger partial charge in [-0.1, -0.05) is 6.07 Å². The van der Waals surface area contributed by atoms with Gasteiger partial charge < -0.3 is 9.80 Å². The zero-order valence-electron chi connectivity index (χ0n) is 12.3. The Labute approximate surface area is 119 Å². The number of carbonyl (C=O) groups excluding carboxylic acids is 1. The zero-order chi connectivity index (χ0) is 14.4. The number of hydrogen-bond donors (Lipinski definition) is 0. The number of piperidine rings is 1. The molecule has 0 aromatic heterocycles. The monoisotopic (exact) mass is 276 g/mol. The van der Waals surface area contributed by atoms with Gasteiger partial charge >= 0.3 is 0 Å². The van der Waals surface area contributed by atoms with Crippen molar-refractivity contribution in [3.05, 3.63) is 35.1 Å². The molecule has 1 aliphatic heterocycles. The molecule has 1 amide bonds. The summed E-state index contributed by atoms with van der Waals surface area (Å²) in [4.78, 5) is 16.6. The normalized spacial score (nSPS) is 27.9. The van der Waals surface area contributed by atoms with Crippen LogP contribution in [0.3, 0.4) is 0 Å².